The molecule has 184 valence electrons. The van der Waals surface area contributed by atoms with Gasteiger partial charge in [0.15, 0.2) is 0 Å². The van der Waals surface area contributed by atoms with Crippen molar-refractivity contribution in [1.29, 1.82) is 0 Å². The topological polar surface area (TPSA) is 101 Å². The number of piperazine rings is 1. The molecule has 9 nitrogen and oxygen atoms in total. The molecule has 34 heavy (non-hydrogen) atoms. The molecule has 0 radical (unpaired) electrons. The fourth-order valence-electron chi connectivity index (χ4n) is 4.30. The first-order valence-corrected chi connectivity index (χ1v) is 13.2. The minimum Gasteiger partial charge on any atom is -0.493 e. The number of H-pyrrole nitrogens is 1. The summed E-state index contributed by atoms with van der Waals surface area (Å²) in [4.78, 5) is 22.8. The molecule has 3 heterocycles. The van der Waals surface area contributed by atoms with E-state index >= 15 is 0 Å². The third kappa shape index (κ3) is 4.35. The molecule has 0 aliphatic carbocycles. The van der Waals surface area contributed by atoms with Crippen LogP contribution >= 0.6 is 11.6 Å². The zero-order chi connectivity index (χ0) is 24.6. The Balaban J connectivity index is 1.88. The van der Waals surface area contributed by atoms with Crippen molar-refractivity contribution < 1.29 is 13.2 Å². The van der Waals surface area contributed by atoms with Crippen molar-refractivity contribution in [3.05, 3.63) is 39.3 Å². The number of nitrogens with one attached hydrogen (secondary N) is 1. The number of halogens is 1. The number of nitrogens with zero attached hydrogens (tertiary/aromatic N) is 4. The Labute approximate surface area is 204 Å². The van der Waals surface area contributed by atoms with Crippen LogP contribution in [0.5, 0.6) is 5.75 Å². The van der Waals surface area contributed by atoms with Crippen molar-refractivity contribution in [3.63, 3.8) is 0 Å². The monoisotopic (exact) mass is 507 g/mol. The van der Waals surface area contributed by atoms with Crippen molar-refractivity contribution in [3.8, 4) is 17.1 Å². The van der Waals surface area contributed by atoms with E-state index in [1.54, 1.807) is 23.7 Å². The second kappa shape index (κ2) is 9.69. The molecule has 11 heteroatoms. The van der Waals surface area contributed by atoms with E-state index in [4.69, 9.17) is 21.3 Å². The average Bonchev–Trinajstić information content (AvgIpc) is 3.05. The van der Waals surface area contributed by atoms with Crippen molar-refractivity contribution in [2.75, 3.05) is 39.8 Å². The molecular formula is C23H30ClN5O4S. The van der Waals surface area contributed by atoms with E-state index in [-0.39, 0.29) is 16.3 Å². The summed E-state index contributed by atoms with van der Waals surface area (Å²) in [5.74, 6) is 0.692. The average molecular weight is 508 g/mol. The molecule has 1 fully saturated rings. The fraction of sp³-hybridized carbons (Fsp3) is 0.478. The van der Waals surface area contributed by atoms with Gasteiger partial charge in [0.2, 0.25) is 10.0 Å². The third-order valence-corrected chi connectivity index (χ3v) is 8.54. The van der Waals surface area contributed by atoms with Gasteiger partial charge >= 0.3 is 0 Å². The Morgan fingerprint density at radius 2 is 1.85 bits per heavy atom. The number of likely N-dealkylation sites (N-methyl/N-ethyl adjacent to an activating group) is 1. The molecule has 0 bridgehead atoms. The van der Waals surface area contributed by atoms with Crippen LogP contribution in [-0.4, -0.2) is 72.0 Å². The molecule has 4 rings (SSSR count). The highest BCUT2D eigenvalue weighted by molar-refractivity contribution is 7.89. The van der Waals surface area contributed by atoms with Crippen molar-refractivity contribution >= 4 is 32.7 Å². The first-order valence-electron chi connectivity index (χ1n) is 11.4. The Morgan fingerprint density at radius 1 is 1.15 bits per heavy atom. The van der Waals surface area contributed by atoms with Gasteiger partial charge in [-0.3, -0.25) is 4.79 Å². The fourth-order valence-corrected chi connectivity index (χ4v) is 6.02. The molecule has 1 N–H and O–H groups in total. The summed E-state index contributed by atoms with van der Waals surface area (Å²) >= 11 is 6.51. The van der Waals surface area contributed by atoms with Crippen molar-refractivity contribution in [2.24, 2.45) is 7.05 Å². The van der Waals surface area contributed by atoms with Crippen molar-refractivity contribution in [1.82, 2.24) is 23.7 Å². The van der Waals surface area contributed by atoms with Gasteiger partial charge in [-0.1, -0.05) is 24.9 Å². The van der Waals surface area contributed by atoms with Crippen LogP contribution in [0.3, 0.4) is 0 Å². The molecule has 0 spiro atoms. The van der Waals surface area contributed by atoms with E-state index in [1.807, 2.05) is 20.9 Å². The predicted molar refractivity (Wildman–Crippen MR) is 133 cm³/mol. The highest BCUT2D eigenvalue weighted by Gasteiger charge is 2.29. The van der Waals surface area contributed by atoms with E-state index in [1.165, 1.54) is 10.4 Å². The van der Waals surface area contributed by atoms with Crippen LogP contribution in [0.1, 0.15) is 25.8 Å². The molecule has 0 unspecified atom stereocenters. The minimum absolute atomic E-state index is 0.137. The number of benzene rings is 1. The summed E-state index contributed by atoms with van der Waals surface area (Å²) in [5, 5.41) is 0.475. The molecule has 0 atom stereocenters. The normalized spacial score (nSPS) is 15.8. The van der Waals surface area contributed by atoms with Gasteiger partial charge in [-0.05, 0) is 38.6 Å². The van der Waals surface area contributed by atoms with Gasteiger partial charge < -0.3 is 19.2 Å². The maximum Gasteiger partial charge on any atom is 0.275 e. The number of sulfonamides is 1. The predicted octanol–water partition coefficient (Wildman–Crippen LogP) is 2.87. The van der Waals surface area contributed by atoms with Crippen LogP contribution in [0.2, 0.25) is 5.15 Å². The van der Waals surface area contributed by atoms with E-state index in [0.717, 1.165) is 12.0 Å². The van der Waals surface area contributed by atoms with E-state index in [2.05, 4.69) is 9.88 Å². The molecule has 2 aromatic heterocycles. The molecule has 1 aliphatic heterocycles. The van der Waals surface area contributed by atoms with Gasteiger partial charge in [0.1, 0.15) is 27.8 Å². The van der Waals surface area contributed by atoms with Crippen LogP contribution in [-0.2, 0) is 23.5 Å². The molecule has 1 aromatic carbocycles. The number of aryl methyl sites for hydroxylation is 2. The quantitative estimate of drug-likeness (QED) is 0.527. The highest BCUT2D eigenvalue weighted by atomic mass is 35.5. The lowest BCUT2D eigenvalue weighted by Gasteiger charge is -2.31. The second-order valence-electron chi connectivity index (χ2n) is 8.49. The zero-order valence-corrected chi connectivity index (χ0v) is 21.5. The lowest BCUT2D eigenvalue weighted by atomic mass is 10.1. The summed E-state index contributed by atoms with van der Waals surface area (Å²) in [6.45, 7) is 6.43. The van der Waals surface area contributed by atoms with Crippen LogP contribution in [0.15, 0.2) is 27.9 Å². The number of aromatic nitrogens is 3. The Hall–Kier alpha value is -2.40. The first kappa shape index (κ1) is 24.7. The summed E-state index contributed by atoms with van der Waals surface area (Å²) < 4.78 is 35.6. The van der Waals surface area contributed by atoms with Crippen molar-refractivity contribution in [2.45, 2.75) is 31.6 Å². The molecular weight excluding hydrogens is 478 g/mol. The van der Waals surface area contributed by atoms with E-state index in [9.17, 15) is 13.2 Å². The molecule has 0 amide bonds. The summed E-state index contributed by atoms with van der Waals surface area (Å²) in [5.41, 5.74) is 1.77. The number of hydrogen-bond acceptors (Lipinski definition) is 6. The number of hydrogen-bond donors (Lipinski definition) is 1. The molecule has 1 saturated heterocycles. The van der Waals surface area contributed by atoms with E-state index < -0.39 is 10.0 Å². The lowest BCUT2D eigenvalue weighted by molar-refractivity contribution is 0.222. The minimum atomic E-state index is -3.71. The Kier molecular flexibility index (Phi) is 7.04. The SMILES string of the molecule is CCCc1c(Cl)n(C)c2c(=O)[nH]c(-c3cc(S(=O)(=O)N4CCN(C)CC4)ccc3OCC)nc12. The van der Waals surface area contributed by atoms with Gasteiger partial charge in [-0.25, -0.2) is 13.4 Å². The third-order valence-electron chi connectivity index (χ3n) is 6.17. The van der Waals surface area contributed by atoms with Gasteiger partial charge in [-0.15, -0.1) is 0 Å². The van der Waals surface area contributed by atoms with Gasteiger partial charge in [0, 0.05) is 38.8 Å². The maximum atomic E-state index is 13.4. The molecule has 3 aromatic rings. The second-order valence-corrected chi connectivity index (χ2v) is 10.8. The molecule has 1 aliphatic rings. The smallest absolute Gasteiger partial charge is 0.275 e. The summed E-state index contributed by atoms with van der Waals surface area (Å²) in [7, 11) is -0.0102. The molecule has 0 saturated carbocycles. The highest BCUT2D eigenvalue weighted by Crippen LogP contribution is 2.34. The standard InChI is InChI=1S/C23H30ClN5O4S/c1-5-7-16-19-20(28(4)21(16)24)23(30)26-22(25-19)17-14-15(8-9-18(17)33-6-2)34(31,32)29-12-10-27(3)11-13-29/h8-9,14H,5-7,10-13H2,1-4H3,(H,25,26,30). The van der Waals surface area contributed by atoms with Crippen LogP contribution in [0.25, 0.3) is 22.4 Å². The Bertz CT molecular complexity index is 1370. The lowest BCUT2D eigenvalue weighted by Crippen LogP contribution is -2.47. The van der Waals surface area contributed by atoms with Crippen LogP contribution in [0, 0.1) is 0 Å². The number of aromatic amines is 1. The van der Waals surface area contributed by atoms with Crippen LogP contribution in [0.4, 0.5) is 0 Å². The number of ether oxygens (including phenoxy) is 1. The number of rotatable bonds is 7. The van der Waals surface area contributed by atoms with Crippen LogP contribution < -0.4 is 10.3 Å². The first-order chi connectivity index (χ1) is 16.2. The largest absolute Gasteiger partial charge is 0.493 e. The Morgan fingerprint density at radius 3 is 2.50 bits per heavy atom. The van der Waals surface area contributed by atoms with Gasteiger partial charge in [0.05, 0.1) is 17.1 Å². The summed E-state index contributed by atoms with van der Waals surface area (Å²) in [6, 6.07) is 4.70. The zero-order valence-electron chi connectivity index (χ0n) is 19.9. The van der Waals surface area contributed by atoms with Gasteiger partial charge in [0.25, 0.3) is 5.56 Å². The summed E-state index contributed by atoms with van der Waals surface area (Å²) in [6.07, 6.45) is 1.51. The van der Waals surface area contributed by atoms with E-state index in [0.29, 0.717) is 66.7 Å². The number of fused-ring (bicyclic) bond motifs is 1. The maximum absolute atomic E-state index is 13.4. The van der Waals surface area contributed by atoms with Gasteiger partial charge in [-0.2, -0.15) is 4.31 Å².